The lowest BCUT2D eigenvalue weighted by Gasteiger charge is -2.36. The van der Waals surface area contributed by atoms with E-state index in [4.69, 9.17) is 21.1 Å². The van der Waals surface area contributed by atoms with Crippen LogP contribution in [0.2, 0.25) is 4.34 Å². The number of amides is 1. The van der Waals surface area contributed by atoms with Crippen LogP contribution in [0.15, 0.2) is 16.3 Å². The van der Waals surface area contributed by atoms with Gasteiger partial charge in [-0.15, -0.1) is 11.3 Å². The molecule has 164 valence electrons. The molecule has 10 heteroatoms. The number of hydrogen-bond acceptors (Lipinski definition) is 6. The van der Waals surface area contributed by atoms with E-state index in [1.807, 2.05) is 4.90 Å². The lowest BCUT2D eigenvalue weighted by molar-refractivity contribution is -0.138. The molecular formula is C19H29ClN2O5S2. The van der Waals surface area contributed by atoms with E-state index in [9.17, 15) is 13.2 Å². The van der Waals surface area contributed by atoms with E-state index >= 15 is 0 Å². The van der Waals surface area contributed by atoms with Crippen molar-refractivity contribution in [3.05, 3.63) is 16.5 Å². The first-order chi connectivity index (χ1) is 13.9. The number of carbonyl (C=O) groups is 1. The Kier molecular flexibility index (Phi) is 8.35. The fourth-order valence-electron chi connectivity index (χ4n) is 3.88. The van der Waals surface area contributed by atoms with E-state index in [1.54, 1.807) is 19.2 Å². The van der Waals surface area contributed by atoms with E-state index in [1.165, 1.54) is 4.31 Å². The zero-order valence-corrected chi connectivity index (χ0v) is 19.1. The third-order valence-electron chi connectivity index (χ3n) is 5.66. The molecule has 2 fully saturated rings. The SMILES string of the molecule is COCCOCC1CCN(C(=O)C2CCN(S(=O)(=O)c3ccc(Cl)s3)CC2)CC1. The maximum Gasteiger partial charge on any atom is 0.252 e. The van der Waals surface area contributed by atoms with Gasteiger partial charge in [-0.25, -0.2) is 8.42 Å². The first kappa shape index (κ1) is 23.0. The molecule has 1 aromatic heterocycles. The number of thiophene rings is 1. The molecule has 0 bridgehead atoms. The minimum atomic E-state index is -3.52. The van der Waals surface area contributed by atoms with Gasteiger partial charge in [-0.3, -0.25) is 4.79 Å². The highest BCUT2D eigenvalue weighted by molar-refractivity contribution is 7.91. The van der Waals surface area contributed by atoms with E-state index in [0.717, 1.165) is 37.3 Å². The third-order valence-corrected chi connectivity index (χ3v) is 9.25. The number of piperidine rings is 2. The molecule has 0 saturated carbocycles. The molecule has 0 unspecified atom stereocenters. The number of likely N-dealkylation sites (tertiary alicyclic amines) is 1. The Morgan fingerprint density at radius 2 is 1.83 bits per heavy atom. The molecule has 2 aliphatic heterocycles. The van der Waals surface area contributed by atoms with Crippen molar-refractivity contribution in [2.75, 3.05) is 53.1 Å². The zero-order chi connectivity index (χ0) is 20.9. The number of methoxy groups -OCH3 is 1. The molecule has 29 heavy (non-hydrogen) atoms. The van der Waals surface area contributed by atoms with Crippen molar-refractivity contribution in [2.24, 2.45) is 11.8 Å². The second kappa shape index (κ2) is 10.5. The van der Waals surface area contributed by atoms with Crippen LogP contribution >= 0.6 is 22.9 Å². The van der Waals surface area contributed by atoms with Gasteiger partial charge in [-0.05, 0) is 43.7 Å². The summed E-state index contributed by atoms with van der Waals surface area (Å²) in [5, 5.41) is 0. The van der Waals surface area contributed by atoms with E-state index in [0.29, 0.717) is 56.0 Å². The molecule has 3 heterocycles. The van der Waals surface area contributed by atoms with Gasteiger partial charge in [-0.2, -0.15) is 4.31 Å². The van der Waals surface area contributed by atoms with Crippen molar-refractivity contribution in [1.29, 1.82) is 0 Å². The number of nitrogens with zero attached hydrogens (tertiary/aromatic N) is 2. The molecule has 0 radical (unpaired) electrons. The molecule has 3 rings (SSSR count). The summed E-state index contributed by atoms with van der Waals surface area (Å²) in [6.07, 6.45) is 3.03. The Labute approximate surface area is 182 Å². The molecule has 2 saturated heterocycles. The number of sulfonamides is 1. The Hall–Kier alpha value is -0.710. The summed E-state index contributed by atoms with van der Waals surface area (Å²) in [4.78, 5) is 14.8. The van der Waals surface area contributed by atoms with Gasteiger partial charge in [-0.1, -0.05) is 11.6 Å². The van der Waals surface area contributed by atoms with Gasteiger partial charge in [0, 0.05) is 45.8 Å². The molecule has 0 atom stereocenters. The quantitative estimate of drug-likeness (QED) is 0.553. The van der Waals surface area contributed by atoms with Crippen LogP contribution in [0.1, 0.15) is 25.7 Å². The van der Waals surface area contributed by atoms with Crippen molar-refractivity contribution >= 4 is 38.9 Å². The molecule has 0 aliphatic carbocycles. The maximum absolute atomic E-state index is 12.9. The van der Waals surface area contributed by atoms with E-state index in [-0.39, 0.29) is 16.0 Å². The summed E-state index contributed by atoms with van der Waals surface area (Å²) in [6.45, 7) is 4.18. The first-order valence-corrected chi connectivity index (χ1v) is 12.7. The second-order valence-electron chi connectivity index (χ2n) is 7.57. The monoisotopic (exact) mass is 464 g/mol. The summed E-state index contributed by atoms with van der Waals surface area (Å²) >= 11 is 6.95. The summed E-state index contributed by atoms with van der Waals surface area (Å²) in [7, 11) is -1.86. The number of carbonyl (C=O) groups excluding carboxylic acids is 1. The number of ether oxygens (including phenoxy) is 2. The van der Waals surface area contributed by atoms with Gasteiger partial charge in [0.15, 0.2) is 0 Å². The highest BCUT2D eigenvalue weighted by atomic mass is 35.5. The van der Waals surface area contributed by atoms with Crippen molar-refractivity contribution in [3.63, 3.8) is 0 Å². The molecule has 1 amide bonds. The van der Waals surface area contributed by atoms with Gasteiger partial charge >= 0.3 is 0 Å². The van der Waals surface area contributed by atoms with Gasteiger partial charge in [0.25, 0.3) is 10.0 Å². The van der Waals surface area contributed by atoms with Crippen molar-refractivity contribution in [3.8, 4) is 0 Å². The van der Waals surface area contributed by atoms with Crippen LogP contribution in [0, 0.1) is 11.8 Å². The lowest BCUT2D eigenvalue weighted by atomic mass is 9.93. The molecule has 0 spiro atoms. The van der Waals surface area contributed by atoms with Gasteiger partial charge in [0.05, 0.1) is 17.6 Å². The number of halogens is 1. The molecule has 0 N–H and O–H groups in total. The minimum absolute atomic E-state index is 0.0946. The van der Waals surface area contributed by atoms with Crippen LogP contribution in [0.4, 0.5) is 0 Å². The van der Waals surface area contributed by atoms with Crippen LogP contribution in [0.5, 0.6) is 0 Å². The molecular weight excluding hydrogens is 436 g/mol. The Morgan fingerprint density at radius 3 is 2.41 bits per heavy atom. The normalized spacial score (nSPS) is 20.3. The predicted molar refractivity (Wildman–Crippen MR) is 113 cm³/mol. The van der Waals surface area contributed by atoms with Crippen LogP contribution in [0.3, 0.4) is 0 Å². The molecule has 2 aliphatic rings. The number of rotatable bonds is 8. The fourth-order valence-corrected chi connectivity index (χ4v) is 6.98. The summed E-state index contributed by atoms with van der Waals surface area (Å²) in [6, 6.07) is 3.14. The van der Waals surface area contributed by atoms with Crippen molar-refractivity contribution in [1.82, 2.24) is 9.21 Å². The van der Waals surface area contributed by atoms with Crippen LogP contribution in [0.25, 0.3) is 0 Å². The Morgan fingerprint density at radius 1 is 1.14 bits per heavy atom. The Balaban J connectivity index is 1.44. The Bertz CT molecular complexity index is 769. The summed E-state index contributed by atoms with van der Waals surface area (Å²) in [5.41, 5.74) is 0. The van der Waals surface area contributed by atoms with Crippen LogP contribution < -0.4 is 0 Å². The highest BCUT2D eigenvalue weighted by Gasteiger charge is 2.35. The van der Waals surface area contributed by atoms with E-state index in [2.05, 4.69) is 0 Å². The third kappa shape index (κ3) is 5.92. The summed E-state index contributed by atoms with van der Waals surface area (Å²) < 4.78 is 38.2. The minimum Gasteiger partial charge on any atom is -0.382 e. The van der Waals surface area contributed by atoms with Gasteiger partial charge in [0.1, 0.15) is 4.21 Å². The van der Waals surface area contributed by atoms with E-state index < -0.39 is 10.0 Å². The average molecular weight is 465 g/mol. The van der Waals surface area contributed by atoms with Gasteiger partial charge < -0.3 is 14.4 Å². The van der Waals surface area contributed by atoms with Crippen LogP contribution in [-0.4, -0.2) is 76.6 Å². The fraction of sp³-hybridized carbons (Fsp3) is 0.737. The molecule has 0 aromatic carbocycles. The first-order valence-electron chi connectivity index (χ1n) is 10.0. The second-order valence-corrected chi connectivity index (χ2v) is 11.5. The maximum atomic E-state index is 12.9. The standard InChI is InChI=1S/C19H29ClN2O5S2/c1-26-12-13-27-14-15-4-8-21(9-5-15)19(23)16-6-10-22(11-7-16)29(24,25)18-3-2-17(20)28-18/h2-3,15-16H,4-14H2,1H3. The van der Waals surface area contributed by atoms with Crippen molar-refractivity contribution < 1.29 is 22.7 Å². The smallest absolute Gasteiger partial charge is 0.252 e. The van der Waals surface area contributed by atoms with Gasteiger partial charge in [0.2, 0.25) is 5.91 Å². The lowest BCUT2D eigenvalue weighted by Crippen LogP contribution is -2.46. The predicted octanol–water partition coefficient (Wildman–Crippen LogP) is 2.70. The number of hydrogen-bond donors (Lipinski definition) is 0. The summed E-state index contributed by atoms with van der Waals surface area (Å²) in [5.74, 6) is 0.559. The highest BCUT2D eigenvalue weighted by Crippen LogP contribution is 2.31. The van der Waals surface area contributed by atoms with Crippen molar-refractivity contribution in [2.45, 2.75) is 29.9 Å². The molecule has 7 nitrogen and oxygen atoms in total. The topological polar surface area (TPSA) is 76.2 Å². The van der Waals surface area contributed by atoms with Crippen LogP contribution in [-0.2, 0) is 24.3 Å². The largest absolute Gasteiger partial charge is 0.382 e. The average Bonchev–Trinajstić information content (AvgIpc) is 3.18. The molecule has 1 aromatic rings. The zero-order valence-electron chi connectivity index (χ0n) is 16.7.